The van der Waals surface area contributed by atoms with Crippen molar-refractivity contribution in [1.29, 1.82) is 0 Å². The van der Waals surface area contributed by atoms with Crippen molar-refractivity contribution in [2.75, 3.05) is 0 Å². The van der Waals surface area contributed by atoms with Crippen LogP contribution in [-0.4, -0.2) is 22.0 Å². The number of nitrogens with one attached hydrogen (secondary N) is 1. The van der Waals surface area contributed by atoms with Gasteiger partial charge in [0.15, 0.2) is 0 Å². The van der Waals surface area contributed by atoms with Crippen LogP contribution in [-0.2, 0) is 4.74 Å². The number of benzene rings is 1. The Hall–Kier alpha value is -2.60. The number of hydrogen-bond donors (Lipinski definition) is 2. The number of hydrazone groups is 1. The lowest BCUT2D eigenvalue weighted by atomic mass is 10.1. The average Bonchev–Trinajstić information content (AvgIpc) is 2.97. The van der Waals surface area contributed by atoms with Gasteiger partial charge < -0.3 is 9.84 Å². The number of halogens is 1. The second-order valence-electron chi connectivity index (χ2n) is 4.31. The first-order valence-electron chi connectivity index (χ1n) is 6.09. The number of carbonyl (C=O) groups is 1. The lowest BCUT2D eigenvalue weighted by Crippen LogP contribution is -2.13. The van der Waals surface area contributed by atoms with Crippen molar-refractivity contribution in [2.24, 2.45) is 5.10 Å². The van der Waals surface area contributed by atoms with Gasteiger partial charge in [0.2, 0.25) is 12.1 Å². The summed E-state index contributed by atoms with van der Waals surface area (Å²) in [5.41, 5.74) is 4.21. The monoisotopic (exact) mass is 303 g/mol. The first kappa shape index (κ1) is 13.4. The molecule has 0 radical (unpaired) electrons. The Balaban J connectivity index is 1.83. The van der Waals surface area contributed by atoms with E-state index in [1.165, 1.54) is 12.1 Å². The minimum Gasteiger partial charge on any atom is -0.478 e. The minimum absolute atomic E-state index is 0.168. The van der Waals surface area contributed by atoms with E-state index >= 15 is 0 Å². The van der Waals surface area contributed by atoms with E-state index in [9.17, 15) is 4.79 Å². The van der Waals surface area contributed by atoms with Crippen LogP contribution in [0.25, 0.3) is 0 Å². The highest BCUT2D eigenvalue weighted by molar-refractivity contribution is 6.30. The molecule has 0 fully saturated rings. The van der Waals surface area contributed by atoms with Crippen molar-refractivity contribution >= 4 is 23.5 Å². The topological polar surface area (TPSA) is 83.8 Å². The van der Waals surface area contributed by atoms with E-state index in [0.717, 1.165) is 0 Å². The molecule has 2 N–H and O–H groups in total. The Kier molecular flexibility index (Phi) is 3.45. The molecule has 1 atom stereocenters. The van der Waals surface area contributed by atoms with E-state index in [-0.39, 0.29) is 5.56 Å². The molecule has 7 heteroatoms. The predicted octanol–water partition coefficient (Wildman–Crippen LogP) is 2.41. The van der Waals surface area contributed by atoms with E-state index in [1.807, 2.05) is 0 Å². The van der Waals surface area contributed by atoms with Crippen LogP contribution in [0, 0.1) is 0 Å². The lowest BCUT2D eigenvalue weighted by Gasteiger charge is -2.12. The van der Waals surface area contributed by atoms with Crippen molar-refractivity contribution in [1.82, 2.24) is 10.4 Å². The number of ether oxygens (including phenoxy) is 1. The van der Waals surface area contributed by atoms with E-state index in [2.05, 4.69) is 15.5 Å². The minimum atomic E-state index is -1.00. The number of pyridine rings is 1. The van der Waals surface area contributed by atoms with E-state index in [1.54, 1.807) is 30.5 Å². The van der Waals surface area contributed by atoms with Crippen LogP contribution >= 0.6 is 11.6 Å². The number of aromatic carboxylic acids is 1. The quantitative estimate of drug-likeness (QED) is 0.851. The van der Waals surface area contributed by atoms with Crippen LogP contribution in [0.1, 0.15) is 27.7 Å². The Morgan fingerprint density at radius 1 is 1.33 bits per heavy atom. The largest absolute Gasteiger partial charge is 0.478 e. The van der Waals surface area contributed by atoms with Gasteiger partial charge >= 0.3 is 5.97 Å². The van der Waals surface area contributed by atoms with Crippen molar-refractivity contribution in [3.8, 4) is 0 Å². The second-order valence-corrected chi connectivity index (χ2v) is 4.67. The summed E-state index contributed by atoms with van der Waals surface area (Å²) in [7, 11) is 0. The molecule has 0 bridgehead atoms. The highest BCUT2D eigenvalue weighted by atomic mass is 35.5. The normalized spacial score (nSPS) is 16.8. The number of hydrogen-bond acceptors (Lipinski definition) is 5. The molecule has 1 unspecified atom stereocenters. The molecule has 0 spiro atoms. The summed E-state index contributed by atoms with van der Waals surface area (Å²) in [4.78, 5) is 15.0. The van der Waals surface area contributed by atoms with E-state index in [4.69, 9.17) is 21.4 Å². The van der Waals surface area contributed by atoms with Crippen molar-refractivity contribution in [3.63, 3.8) is 0 Å². The van der Waals surface area contributed by atoms with Gasteiger partial charge in [-0.3, -0.25) is 5.43 Å². The molecule has 6 nitrogen and oxygen atoms in total. The van der Waals surface area contributed by atoms with Gasteiger partial charge in [0.05, 0.1) is 11.1 Å². The Labute approximate surface area is 125 Å². The molecule has 1 aromatic carbocycles. The van der Waals surface area contributed by atoms with Crippen LogP contribution in [0.4, 0.5) is 0 Å². The van der Waals surface area contributed by atoms with Gasteiger partial charge in [-0.15, -0.1) is 5.10 Å². The van der Waals surface area contributed by atoms with Crippen molar-refractivity contribution in [3.05, 3.63) is 64.4 Å². The fourth-order valence-electron chi connectivity index (χ4n) is 1.93. The molecule has 0 amide bonds. The first-order chi connectivity index (χ1) is 10.1. The molecule has 0 saturated carbocycles. The van der Waals surface area contributed by atoms with Crippen molar-refractivity contribution in [2.45, 2.75) is 6.23 Å². The molecule has 21 heavy (non-hydrogen) atoms. The first-order valence-corrected chi connectivity index (χ1v) is 6.47. The van der Waals surface area contributed by atoms with Crippen LogP contribution in [0.2, 0.25) is 5.15 Å². The number of nitrogens with zero attached hydrogens (tertiary/aromatic N) is 2. The molecular weight excluding hydrogens is 294 g/mol. The molecule has 1 aromatic heterocycles. The highest BCUT2D eigenvalue weighted by Crippen LogP contribution is 2.26. The van der Waals surface area contributed by atoms with Gasteiger partial charge in [0.25, 0.3) is 0 Å². The van der Waals surface area contributed by atoms with Gasteiger partial charge in [-0.2, -0.15) is 0 Å². The van der Waals surface area contributed by atoms with Crippen LogP contribution < -0.4 is 5.43 Å². The van der Waals surface area contributed by atoms with E-state index < -0.39 is 12.2 Å². The summed E-state index contributed by atoms with van der Waals surface area (Å²) in [6, 6.07) is 9.88. The summed E-state index contributed by atoms with van der Waals surface area (Å²) in [5.74, 6) is -0.696. The zero-order valence-corrected chi connectivity index (χ0v) is 11.4. The SMILES string of the molecule is O=C(O)c1cccc(C2=NNC(c3cccnc3Cl)O2)c1. The number of rotatable bonds is 3. The summed E-state index contributed by atoms with van der Waals surface area (Å²) in [6.45, 7) is 0. The maximum atomic E-state index is 11.0. The Morgan fingerprint density at radius 2 is 2.19 bits per heavy atom. The summed E-state index contributed by atoms with van der Waals surface area (Å²) in [6.07, 6.45) is 1.04. The smallest absolute Gasteiger partial charge is 0.335 e. The van der Waals surface area contributed by atoms with Gasteiger partial charge in [0.1, 0.15) is 5.15 Å². The maximum Gasteiger partial charge on any atom is 0.335 e. The molecule has 2 aromatic rings. The molecule has 106 valence electrons. The standard InChI is InChI=1S/C14H10ClN3O3/c15-11-10(5-2-6-16-11)13-18-17-12(21-13)8-3-1-4-9(7-8)14(19)20/h1-7,13,18H,(H,19,20). The van der Waals surface area contributed by atoms with Gasteiger partial charge in [-0.1, -0.05) is 17.7 Å². The molecular formula is C14H10ClN3O3. The Morgan fingerprint density at radius 3 is 2.95 bits per heavy atom. The number of carboxylic acid groups (broad SMARTS) is 1. The van der Waals surface area contributed by atoms with Gasteiger partial charge in [-0.05, 0) is 30.3 Å². The van der Waals surface area contributed by atoms with Crippen molar-refractivity contribution < 1.29 is 14.6 Å². The molecule has 0 saturated heterocycles. The maximum absolute atomic E-state index is 11.0. The molecule has 1 aliphatic heterocycles. The summed E-state index contributed by atoms with van der Waals surface area (Å²) < 4.78 is 5.67. The molecule has 0 aliphatic carbocycles. The van der Waals surface area contributed by atoms with Gasteiger partial charge in [0, 0.05) is 11.8 Å². The fraction of sp³-hybridized carbons (Fsp3) is 0.0714. The predicted molar refractivity (Wildman–Crippen MR) is 76.1 cm³/mol. The molecule has 2 heterocycles. The fourth-order valence-corrected chi connectivity index (χ4v) is 2.14. The van der Waals surface area contributed by atoms with E-state index in [0.29, 0.717) is 22.2 Å². The van der Waals surface area contributed by atoms with Crippen LogP contribution in [0.3, 0.4) is 0 Å². The third kappa shape index (κ3) is 2.66. The number of carboxylic acids is 1. The van der Waals surface area contributed by atoms with Crippen LogP contribution in [0.5, 0.6) is 0 Å². The molecule has 3 rings (SSSR count). The third-order valence-electron chi connectivity index (χ3n) is 2.94. The van der Waals surface area contributed by atoms with Gasteiger partial charge in [-0.25, -0.2) is 9.78 Å². The average molecular weight is 304 g/mol. The lowest BCUT2D eigenvalue weighted by molar-refractivity contribution is 0.0697. The third-order valence-corrected chi connectivity index (χ3v) is 3.26. The summed E-state index contributed by atoms with van der Waals surface area (Å²) in [5, 5.41) is 13.4. The molecule has 1 aliphatic rings. The zero-order chi connectivity index (χ0) is 14.8. The highest BCUT2D eigenvalue weighted by Gasteiger charge is 2.24. The zero-order valence-electron chi connectivity index (χ0n) is 10.7. The second kappa shape index (κ2) is 5.41. The van der Waals surface area contributed by atoms with Crippen LogP contribution in [0.15, 0.2) is 47.7 Å². The Bertz CT molecular complexity index is 733. The number of aromatic nitrogens is 1. The summed E-state index contributed by atoms with van der Waals surface area (Å²) >= 11 is 6.01.